The van der Waals surface area contributed by atoms with Gasteiger partial charge in [-0.2, -0.15) is 4.31 Å². The maximum atomic E-state index is 11.7. The van der Waals surface area contributed by atoms with E-state index in [1.807, 2.05) is 6.92 Å². The SMILES string of the molecule is Cc1nc(CN2CC[C@@H]3[C@@H]2CCN3S(C)(=O)=O)cs1. The summed E-state index contributed by atoms with van der Waals surface area (Å²) in [6, 6.07) is 0.548. The lowest BCUT2D eigenvalue weighted by molar-refractivity contribution is 0.238. The van der Waals surface area contributed by atoms with Crippen molar-refractivity contribution in [2.75, 3.05) is 19.3 Å². The Morgan fingerprint density at radius 1 is 1.37 bits per heavy atom. The third-order valence-electron chi connectivity index (χ3n) is 4.10. The first-order valence-electron chi connectivity index (χ1n) is 6.57. The van der Waals surface area contributed by atoms with Gasteiger partial charge in [-0.15, -0.1) is 11.3 Å². The van der Waals surface area contributed by atoms with Gasteiger partial charge in [0.25, 0.3) is 0 Å². The second kappa shape index (κ2) is 4.80. The molecule has 19 heavy (non-hydrogen) atoms. The second-order valence-corrected chi connectivity index (χ2v) is 8.41. The van der Waals surface area contributed by atoms with Crippen molar-refractivity contribution in [2.24, 2.45) is 0 Å². The van der Waals surface area contributed by atoms with E-state index < -0.39 is 10.0 Å². The average molecular weight is 301 g/mol. The first-order chi connectivity index (χ1) is 8.95. The molecule has 7 heteroatoms. The first kappa shape index (κ1) is 13.5. The molecule has 0 aliphatic carbocycles. The minimum Gasteiger partial charge on any atom is -0.293 e. The van der Waals surface area contributed by atoms with Crippen LogP contribution in [0, 0.1) is 6.92 Å². The second-order valence-electron chi connectivity index (χ2n) is 5.41. The van der Waals surface area contributed by atoms with Crippen LogP contribution >= 0.6 is 11.3 Å². The Morgan fingerprint density at radius 3 is 2.74 bits per heavy atom. The largest absolute Gasteiger partial charge is 0.293 e. The van der Waals surface area contributed by atoms with Crippen LogP contribution in [-0.4, -0.2) is 54.0 Å². The van der Waals surface area contributed by atoms with E-state index in [1.54, 1.807) is 15.6 Å². The van der Waals surface area contributed by atoms with Crippen molar-refractivity contribution in [2.45, 2.75) is 38.4 Å². The topological polar surface area (TPSA) is 53.5 Å². The van der Waals surface area contributed by atoms with Gasteiger partial charge in [0.2, 0.25) is 10.0 Å². The highest BCUT2D eigenvalue weighted by atomic mass is 32.2. The van der Waals surface area contributed by atoms with Crippen LogP contribution in [0.1, 0.15) is 23.5 Å². The van der Waals surface area contributed by atoms with Crippen molar-refractivity contribution >= 4 is 21.4 Å². The van der Waals surface area contributed by atoms with E-state index in [1.165, 1.54) is 6.26 Å². The minimum atomic E-state index is -3.06. The van der Waals surface area contributed by atoms with Gasteiger partial charge in [-0.1, -0.05) is 0 Å². The first-order valence-corrected chi connectivity index (χ1v) is 9.30. The summed E-state index contributed by atoms with van der Waals surface area (Å²) >= 11 is 1.67. The number of nitrogens with zero attached hydrogens (tertiary/aromatic N) is 3. The summed E-state index contributed by atoms with van der Waals surface area (Å²) in [6.07, 6.45) is 3.21. The van der Waals surface area contributed by atoms with Crippen LogP contribution in [0.4, 0.5) is 0 Å². The summed E-state index contributed by atoms with van der Waals surface area (Å²) in [5, 5.41) is 3.20. The van der Waals surface area contributed by atoms with Crippen molar-refractivity contribution in [1.82, 2.24) is 14.2 Å². The van der Waals surface area contributed by atoms with Crippen LogP contribution in [0.2, 0.25) is 0 Å². The Labute approximate surface area is 118 Å². The highest BCUT2D eigenvalue weighted by Gasteiger charge is 2.45. The smallest absolute Gasteiger partial charge is 0.211 e. The van der Waals surface area contributed by atoms with E-state index in [4.69, 9.17) is 0 Å². The molecule has 5 nitrogen and oxygen atoms in total. The Morgan fingerprint density at radius 2 is 2.11 bits per heavy atom. The molecule has 2 atom stereocenters. The summed E-state index contributed by atoms with van der Waals surface area (Å²) in [7, 11) is -3.06. The van der Waals surface area contributed by atoms with Gasteiger partial charge < -0.3 is 0 Å². The van der Waals surface area contributed by atoms with Gasteiger partial charge in [-0.25, -0.2) is 13.4 Å². The molecule has 106 valence electrons. The van der Waals surface area contributed by atoms with Crippen molar-refractivity contribution in [3.8, 4) is 0 Å². The molecule has 0 aromatic carbocycles. The lowest BCUT2D eigenvalue weighted by Crippen LogP contribution is -2.39. The third-order valence-corrected chi connectivity index (χ3v) is 6.23. The number of fused-ring (bicyclic) bond motifs is 1. The van der Waals surface area contributed by atoms with Crippen molar-refractivity contribution in [3.05, 3.63) is 16.1 Å². The van der Waals surface area contributed by atoms with Crippen LogP contribution in [0.15, 0.2) is 5.38 Å². The summed E-state index contributed by atoms with van der Waals surface area (Å²) in [4.78, 5) is 6.89. The molecule has 0 spiro atoms. The molecule has 2 fully saturated rings. The van der Waals surface area contributed by atoms with Gasteiger partial charge in [-0.05, 0) is 19.8 Å². The molecule has 0 N–H and O–H groups in total. The van der Waals surface area contributed by atoms with E-state index in [2.05, 4.69) is 15.3 Å². The van der Waals surface area contributed by atoms with E-state index in [0.717, 1.165) is 36.6 Å². The highest BCUT2D eigenvalue weighted by Crippen LogP contribution is 2.34. The van der Waals surface area contributed by atoms with Gasteiger partial charge in [-0.3, -0.25) is 4.90 Å². The standard InChI is InChI=1S/C12H19N3O2S2/c1-9-13-10(8-18-9)7-14-5-3-12-11(14)4-6-15(12)19(2,16)17/h8,11-12H,3-7H2,1-2H3/t11-,12+/m0/s1. The maximum Gasteiger partial charge on any atom is 0.211 e. The number of likely N-dealkylation sites (tertiary alicyclic amines) is 1. The fourth-order valence-electron chi connectivity index (χ4n) is 3.33. The highest BCUT2D eigenvalue weighted by molar-refractivity contribution is 7.88. The number of hydrogen-bond donors (Lipinski definition) is 0. The van der Waals surface area contributed by atoms with E-state index >= 15 is 0 Å². The zero-order valence-corrected chi connectivity index (χ0v) is 12.9. The van der Waals surface area contributed by atoms with E-state index in [0.29, 0.717) is 12.6 Å². The lowest BCUT2D eigenvalue weighted by atomic mass is 10.1. The molecule has 3 rings (SSSR count). The molecule has 2 aliphatic heterocycles. The number of hydrogen-bond acceptors (Lipinski definition) is 5. The number of aryl methyl sites for hydroxylation is 1. The number of sulfonamides is 1. The zero-order valence-electron chi connectivity index (χ0n) is 11.2. The fourth-order valence-corrected chi connectivity index (χ4v) is 5.11. The molecule has 0 saturated carbocycles. The molecule has 2 aliphatic rings. The predicted molar refractivity (Wildman–Crippen MR) is 75.6 cm³/mol. The predicted octanol–water partition coefficient (Wildman–Crippen LogP) is 1.06. The molecule has 0 unspecified atom stereocenters. The van der Waals surface area contributed by atoms with E-state index in [9.17, 15) is 8.42 Å². The molecular formula is C12H19N3O2S2. The molecule has 0 bridgehead atoms. The molecule has 0 radical (unpaired) electrons. The number of thiazole rings is 1. The van der Waals surface area contributed by atoms with Crippen LogP contribution in [0.5, 0.6) is 0 Å². The zero-order chi connectivity index (χ0) is 13.6. The fraction of sp³-hybridized carbons (Fsp3) is 0.750. The van der Waals surface area contributed by atoms with Crippen molar-refractivity contribution < 1.29 is 8.42 Å². The third kappa shape index (κ3) is 2.56. The van der Waals surface area contributed by atoms with Crippen LogP contribution in [0.25, 0.3) is 0 Å². The summed E-state index contributed by atoms with van der Waals surface area (Å²) in [6.45, 7) is 4.50. The summed E-state index contributed by atoms with van der Waals surface area (Å²) in [5.41, 5.74) is 1.11. The molecule has 1 aromatic rings. The molecule has 1 aromatic heterocycles. The van der Waals surface area contributed by atoms with Crippen molar-refractivity contribution in [1.29, 1.82) is 0 Å². The molecule has 0 amide bonds. The van der Waals surface area contributed by atoms with Crippen LogP contribution in [-0.2, 0) is 16.6 Å². The van der Waals surface area contributed by atoms with E-state index in [-0.39, 0.29) is 6.04 Å². The van der Waals surface area contributed by atoms with Crippen LogP contribution in [0.3, 0.4) is 0 Å². The van der Waals surface area contributed by atoms with Crippen LogP contribution < -0.4 is 0 Å². The van der Waals surface area contributed by atoms with Gasteiger partial charge in [0.05, 0.1) is 17.0 Å². The Bertz CT molecular complexity index is 569. The monoisotopic (exact) mass is 301 g/mol. The van der Waals surface area contributed by atoms with Gasteiger partial charge in [0.15, 0.2) is 0 Å². The molecular weight excluding hydrogens is 282 g/mol. The Hall–Kier alpha value is -0.500. The lowest BCUT2D eigenvalue weighted by Gasteiger charge is -2.23. The molecule has 2 saturated heterocycles. The average Bonchev–Trinajstić information content (AvgIpc) is 2.95. The summed E-state index contributed by atoms with van der Waals surface area (Å²) < 4.78 is 25.2. The number of aromatic nitrogens is 1. The summed E-state index contributed by atoms with van der Waals surface area (Å²) in [5.74, 6) is 0. The van der Waals surface area contributed by atoms with Crippen molar-refractivity contribution in [3.63, 3.8) is 0 Å². The normalized spacial score (nSPS) is 28.9. The Balaban J connectivity index is 1.72. The molecule has 3 heterocycles. The maximum absolute atomic E-state index is 11.7. The quantitative estimate of drug-likeness (QED) is 0.838. The number of rotatable bonds is 3. The van der Waals surface area contributed by atoms with Gasteiger partial charge >= 0.3 is 0 Å². The Kier molecular flexibility index (Phi) is 3.41. The van der Waals surface area contributed by atoms with Gasteiger partial charge in [0.1, 0.15) is 0 Å². The minimum absolute atomic E-state index is 0.176. The van der Waals surface area contributed by atoms with Gasteiger partial charge in [0, 0.05) is 37.1 Å².